The number of rotatable bonds is 9. The lowest BCUT2D eigenvalue weighted by Crippen LogP contribution is -2.67. The molecule has 1 unspecified atom stereocenters. The first-order valence-electron chi connectivity index (χ1n) is 13.5. The summed E-state index contributed by atoms with van der Waals surface area (Å²) in [4.78, 5) is 15.3. The molecule has 0 saturated carbocycles. The molecule has 3 aliphatic heterocycles. The number of ether oxygens (including phenoxy) is 1. The maximum atomic E-state index is 12.9. The SMILES string of the molecule is COc1ccc(C(C)(C)O)cc1CN[C@H]1CN2CC[C@H]1[C@H](C(=O)O)[C@@H]2C(c1ccccc1)c1ccccc1. The number of hydrogen-bond donors (Lipinski definition) is 3. The second-order valence-corrected chi connectivity index (χ2v) is 11.2. The Morgan fingerprint density at radius 1 is 1.05 bits per heavy atom. The average Bonchev–Trinajstić information content (AvgIpc) is 2.93. The van der Waals surface area contributed by atoms with Gasteiger partial charge in [-0.05, 0) is 61.6 Å². The van der Waals surface area contributed by atoms with Crippen LogP contribution in [0.1, 0.15) is 48.4 Å². The quantitative estimate of drug-likeness (QED) is 0.387. The summed E-state index contributed by atoms with van der Waals surface area (Å²) in [7, 11) is 1.65. The fourth-order valence-electron chi connectivity index (χ4n) is 6.59. The molecule has 3 saturated heterocycles. The van der Waals surface area contributed by atoms with Crippen molar-refractivity contribution in [1.82, 2.24) is 10.2 Å². The third-order valence-corrected chi connectivity index (χ3v) is 8.43. The lowest BCUT2D eigenvalue weighted by atomic mass is 9.65. The van der Waals surface area contributed by atoms with Crippen molar-refractivity contribution in [3.05, 3.63) is 101 Å². The molecule has 38 heavy (non-hydrogen) atoms. The summed E-state index contributed by atoms with van der Waals surface area (Å²) in [5.41, 5.74) is 3.13. The van der Waals surface area contributed by atoms with E-state index < -0.39 is 17.5 Å². The van der Waals surface area contributed by atoms with Crippen LogP contribution in [0.3, 0.4) is 0 Å². The standard InChI is InChI=1S/C32H38N2O4/c1-32(2,37)24-14-15-27(38-3)23(18-24)19-33-26-20-34-17-16-25(26)29(31(35)36)30(34)28(21-10-6-4-7-11-21)22-12-8-5-9-13-22/h4-15,18,25-26,28-30,33,37H,16-17,19-20H2,1-3H3,(H,35,36)/t25-,26+,29+,30+/m1/s1. The van der Waals surface area contributed by atoms with Crippen molar-refractivity contribution in [3.8, 4) is 5.75 Å². The Hall–Kier alpha value is -3.19. The molecule has 3 fully saturated rings. The smallest absolute Gasteiger partial charge is 0.308 e. The van der Waals surface area contributed by atoms with Crippen molar-refractivity contribution in [2.75, 3.05) is 20.2 Å². The average molecular weight is 515 g/mol. The number of aliphatic carboxylic acids is 1. The maximum Gasteiger partial charge on any atom is 0.308 e. The van der Waals surface area contributed by atoms with Crippen molar-refractivity contribution >= 4 is 5.97 Å². The van der Waals surface area contributed by atoms with Gasteiger partial charge in [0.15, 0.2) is 0 Å². The van der Waals surface area contributed by atoms with E-state index in [1.54, 1.807) is 21.0 Å². The fraction of sp³-hybridized carbons (Fsp3) is 0.406. The lowest BCUT2D eigenvalue weighted by Gasteiger charge is -2.55. The highest BCUT2D eigenvalue weighted by atomic mass is 16.5. The zero-order chi connectivity index (χ0) is 26.9. The fourth-order valence-corrected chi connectivity index (χ4v) is 6.59. The number of carboxylic acid groups (broad SMARTS) is 1. The normalized spacial score (nSPS) is 24.9. The largest absolute Gasteiger partial charge is 0.496 e. The van der Waals surface area contributed by atoms with Crippen LogP contribution in [-0.2, 0) is 16.9 Å². The van der Waals surface area contributed by atoms with Gasteiger partial charge in [-0.3, -0.25) is 9.69 Å². The predicted molar refractivity (Wildman–Crippen MR) is 148 cm³/mol. The van der Waals surface area contributed by atoms with Crippen LogP contribution in [0.25, 0.3) is 0 Å². The molecule has 3 aliphatic rings. The van der Waals surface area contributed by atoms with Crippen molar-refractivity contribution in [2.24, 2.45) is 11.8 Å². The molecule has 3 aromatic carbocycles. The number of piperidine rings is 3. The van der Waals surface area contributed by atoms with E-state index in [-0.39, 0.29) is 23.9 Å². The molecular formula is C32H38N2O4. The van der Waals surface area contributed by atoms with Gasteiger partial charge in [0.2, 0.25) is 0 Å². The second kappa shape index (κ2) is 10.9. The number of carboxylic acids is 1. The molecule has 6 heteroatoms. The molecule has 0 amide bonds. The van der Waals surface area contributed by atoms with Gasteiger partial charge in [-0.25, -0.2) is 0 Å². The number of hydrogen-bond acceptors (Lipinski definition) is 5. The number of aliphatic hydroxyl groups is 1. The number of nitrogens with one attached hydrogen (secondary N) is 1. The molecule has 0 aromatic heterocycles. The molecule has 0 aliphatic carbocycles. The highest BCUT2D eigenvalue weighted by Gasteiger charge is 2.53. The molecule has 0 spiro atoms. The number of fused-ring (bicyclic) bond motifs is 3. The van der Waals surface area contributed by atoms with Crippen LogP contribution in [0.15, 0.2) is 78.9 Å². The monoisotopic (exact) mass is 514 g/mol. The van der Waals surface area contributed by atoms with Crippen LogP contribution in [0, 0.1) is 11.8 Å². The second-order valence-electron chi connectivity index (χ2n) is 11.2. The van der Waals surface area contributed by atoms with Crippen molar-refractivity contribution in [3.63, 3.8) is 0 Å². The molecule has 5 atom stereocenters. The number of methoxy groups -OCH3 is 1. The van der Waals surface area contributed by atoms with E-state index in [2.05, 4.69) is 34.5 Å². The van der Waals surface area contributed by atoms with E-state index in [1.807, 2.05) is 54.6 Å². The van der Waals surface area contributed by atoms with Gasteiger partial charge in [-0.1, -0.05) is 66.7 Å². The first-order chi connectivity index (χ1) is 18.3. The molecule has 0 radical (unpaired) electrons. The Morgan fingerprint density at radius 2 is 1.68 bits per heavy atom. The summed E-state index contributed by atoms with van der Waals surface area (Å²) in [6.45, 7) is 5.77. The zero-order valence-corrected chi connectivity index (χ0v) is 22.4. The summed E-state index contributed by atoms with van der Waals surface area (Å²) in [6, 6.07) is 26.3. The lowest BCUT2D eigenvalue weighted by molar-refractivity contribution is -0.155. The van der Waals surface area contributed by atoms with Gasteiger partial charge >= 0.3 is 5.97 Å². The molecule has 3 aromatic rings. The van der Waals surface area contributed by atoms with E-state index in [4.69, 9.17) is 4.74 Å². The van der Waals surface area contributed by atoms with Crippen LogP contribution in [0.4, 0.5) is 0 Å². The number of carbonyl (C=O) groups is 1. The van der Waals surface area contributed by atoms with Crippen molar-refractivity contribution in [1.29, 1.82) is 0 Å². The Kier molecular flexibility index (Phi) is 7.57. The molecule has 3 N–H and O–H groups in total. The highest BCUT2D eigenvalue weighted by Crippen LogP contribution is 2.45. The van der Waals surface area contributed by atoms with E-state index in [1.165, 1.54) is 0 Å². The summed E-state index contributed by atoms with van der Waals surface area (Å²) < 4.78 is 5.59. The summed E-state index contributed by atoms with van der Waals surface area (Å²) in [5.74, 6) is -0.473. The van der Waals surface area contributed by atoms with Gasteiger partial charge in [-0.15, -0.1) is 0 Å². The Balaban J connectivity index is 1.43. The van der Waals surface area contributed by atoms with Crippen LogP contribution < -0.4 is 10.1 Å². The topological polar surface area (TPSA) is 82.0 Å². The first-order valence-corrected chi connectivity index (χ1v) is 13.5. The minimum absolute atomic E-state index is 0.0147. The van der Waals surface area contributed by atoms with Gasteiger partial charge < -0.3 is 20.3 Å². The minimum Gasteiger partial charge on any atom is -0.496 e. The van der Waals surface area contributed by atoms with E-state index in [0.717, 1.165) is 47.5 Å². The van der Waals surface area contributed by atoms with Crippen LogP contribution in [0.2, 0.25) is 0 Å². The molecule has 6 rings (SSSR count). The minimum atomic E-state index is -0.956. The Bertz CT molecular complexity index is 1200. The molecule has 3 heterocycles. The zero-order valence-electron chi connectivity index (χ0n) is 22.4. The number of nitrogens with zero attached hydrogens (tertiary/aromatic N) is 1. The highest BCUT2D eigenvalue weighted by molar-refractivity contribution is 5.72. The van der Waals surface area contributed by atoms with Crippen LogP contribution >= 0.6 is 0 Å². The van der Waals surface area contributed by atoms with E-state index in [0.29, 0.717) is 6.54 Å². The summed E-state index contributed by atoms with van der Waals surface area (Å²) >= 11 is 0. The molecule has 200 valence electrons. The van der Waals surface area contributed by atoms with Gasteiger partial charge in [0.25, 0.3) is 0 Å². The van der Waals surface area contributed by atoms with Crippen molar-refractivity contribution < 1.29 is 19.7 Å². The molecule has 2 bridgehead atoms. The van der Waals surface area contributed by atoms with Crippen LogP contribution in [0.5, 0.6) is 5.75 Å². The first kappa shape index (κ1) is 26.4. The number of benzene rings is 3. The van der Waals surface area contributed by atoms with E-state index in [9.17, 15) is 15.0 Å². The Morgan fingerprint density at radius 3 is 2.24 bits per heavy atom. The predicted octanol–water partition coefficient (Wildman–Crippen LogP) is 4.62. The third-order valence-electron chi connectivity index (χ3n) is 8.43. The summed E-state index contributed by atoms with van der Waals surface area (Å²) in [6.07, 6.45) is 0.849. The summed E-state index contributed by atoms with van der Waals surface area (Å²) in [5, 5.41) is 24.8. The maximum absolute atomic E-state index is 12.9. The van der Waals surface area contributed by atoms with Gasteiger partial charge in [0.05, 0.1) is 18.6 Å². The van der Waals surface area contributed by atoms with Crippen molar-refractivity contribution in [2.45, 2.75) is 50.4 Å². The van der Waals surface area contributed by atoms with Crippen LogP contribution in [-0.4, -0.2) is 53.4 Å². The van der Waals surface area contributed by atoms with E-state index >= 15 is 0 Å². The third kappa shape index (κ3) is 5.21. The molecular weight excluding hydrogens is 476 g/mol. The van der Waals surface area contributed by atoms with Gasteiger partial charge in [0, 0.05) is 36.7 Å². The molecule has 6 nitrogen and oxygen atoms in total. The van der Waals surface area contributed by atoms with Gasteiger partial charge in [-0.2, -0.15) is 0 Å². The Labute approximate surface area is 225 Å². The van der Waals surface area contributed by atoms with Gasteiger partial charge in [0.1, 0.15) is 5.75 Å².